The van der Waals surface area contributed by atoms with E-state index in [1.807, 2.05) is 0 Å². The molecule has 0 radical (unpaired) electrons. The molecule has 1 aromatic rings. The Balaban J connectivity index is 1.78. The number of nitriles is 1. The number of likely N-dealkylation sites (N-methyl/N-ethyl adjacent to an activating group) is 1. The maximum Gasteiger partial charge on any atom is 0.0669 e. The summed E-state index contributed by atoms with van der Waals surface area (Å²) in [6.45, 7) is 5.87. The molecule has 0 atom stereocenters. The highest BCUT2D eigenvalue weighted by Crippen LogP contribution is 2.07. The summed E-state index contributed by atoms with van der Waals surface area (Å²) in [6.07, 6.45) is 1.62. The van der Waals surface area contributed by atoms with Gasteiger partial charge in [-0.15, -0.1) is 0 Å². The average Bonchev–Trinajstić information content (AvgIpc) is 2.40. The number of benzene rings is 1. The van der Waals surface area contributed by atoms with Gasteiger partial charge in [0.25, 0.3) is 0 Å². The van der Waals surface area contributed by atoms with Gasteiger partial charge in [0, 0.05) is 32.7 Å². The van der Waals surface area contributed by atoms with Crippen molar-refractivity contribution in [3.8, 4) is 6.07 Å². The molecule has 2 rings (SSSR count). The van der Waals surface area contributed by atoms with E-state index >= 15 is 0 Å². The van der Waals surface area contributed by atoms with Gasteiger partial charge in [0.15, 0.2) is 0 Å². The van der Waals surface area contributed by atoms with Crippen molar-refractivity contribution in [2.45, 2.75) is 12.8 Å². The highest BCUT2D eigenvalue weighted by Gasteiger charge is 2.12. The van der Waals surface area contributed by atoms with E-state index in [4.69, 9.17) is 5.26 Å². The van der Waals surface area contributed by atoms with Crippen LogP contribution >= 0.6 is 0 Å². The molecule has 1 aliphatic rings. The molecular formula is C15H21N3. The quantitative estimate of drug-likeness (QED) is 0.803. The molecule has 1 saturated heterocycles. The molecule has 0 spiro atoms. The lowest BCUT2D eigenvalue weighted by atomic mass is 10.1. The third-order valence-electron chi connectivity index (χ3n) is 3.62. The third-order valence-corrected chi connectivity index (χ3v) is 3.62. The molecule has 3 nitrogen and oxygen atoms in total. The van der Waals surface area contributed by atoms with Crippen molar-refractivity contribution in [2.75, 3.05) is 39.8 Å². The van der Waals surface area contributed by atoms with Gasteiger partial charge >= 0.3 is 0 Å². The minimum atomic E-state index is 0.513. The van der Waals surface area contributed by atoms with Gasteiger partial charge in [0.1, 0.15) is 0 Å². The molecule has 0 aliphatic carbocycles. The van der Waals surface area contributed by atoms with E-state index < -0.39 is 0 Å². The molecule has 0 amide bonds. The molecule has 3 heteroatoms. The van der Waals surface area contributed by atoms with Gasteiger partial charge in [-0.1, -0.05) is 24.3 Å². The lowest BCUT2D eigenvalue weighted by Crippen LogP contribution is -2.45. The normalized spacial score (nSPS) is 17.6. The summed E-state index contributed by atoms with van der Waals surface area (Å²) in [7, 11) is 2.19. The zero-order valence-electron chi connectivity index (χ0n) is 11.1. The number of nitrogens with zero attached hydrogens (tertiary/aromatic N) is 3. The van der Waals surface area contributed by atoms with Gasteiger partial charge in [-0.05, 0) is 24.6 Å². The van der Waals surface area contributed by atoms with Gasteiger partial charge in [-0.25, -0.2) is 0 Å². The van der Waals surface area contributed by atoms with Gasteiger partial charge in [0.2, 0.25) is 0 Å². The number of hydrogen-bond donors (Lipinski definition) is 0. The number of rotatable bonds is 4. The van der Waals surface area contributed by atoms with Crippen molar-refractivity contribution in [1.82, 2.24) is 9.80 Å². The first kappa shape index (κ1) is 13.1. The lowest BCUT2D eigenvalue weighted by Gasteiger charge is -2.32. The van der Waals surface area contributed by atoms with Crippen LogP contribution in [0.25, 0.3) is 0 Å². The Bertz CT molecular complexity index is 397. The SMILES string of the molecule is CN1CCN(CCc2ccc(CC#N)cc2)CC1. The predicted molar refractivity (Wildman–Crippen MR) is 73.4 cm³/mol. The van der Waals surface area contributed by atoms with Gasteiger partial charge < -0.3 is 9.80 Å². The van der Waals surface area contributed by atoms with E-state index in [1.165, 1.54) is 31.7 Å². The van der Waals surface area contributed by atoms with Crippen LogP contribution in [0.4, 0.5) is 0 Å². The third kappa shape index (κ3) is 3.83. The number of hydrogen-bond acceptors (Lipinski definition) is 3. The first-order valence-electron chi connectivity index (χ1n) is 6.63. The lowest BCUT2D eigenvalue weighted by molar-refractivity contribution is 0.155. The Kier molecular flexibility index (Phi) is 4.74. The van der Waals surface area contributed by atoms with Crippen LogP contribution < -0.4 is 0 Å². The van der Waals surface area contributed by atoms with Crippen LogP contribution in [0.3, 0.4) is 0 Å². The Hall–Kier alpha value is -1.37. The topological polar surface area (TPSA) is 30.3 Å². The summed E-state index contributed by atoms with van der Waals surface area (Å²) in [4.78, 5) is 4.91. The molecule has 96 valence electrons. The minimum absolute atomic E-state index is 0.513. The number of piperazine rings is 1. The van der Waals surface area contributed by atoms with Crippen LogP contribution in [0, 0.1) is 11.3 Å². The fourth-order valence-electron chi connectivity index (χ4n) is 2.27. The van der Waals surface area contributed by atoms with Crippen LogP contribution in [-0.4, -0.2) is 49.6 Å². The molecule has 0 N–H and O–H groups in total. The maximum absolute atomic E-state index is 8.62. The van der Waals surface area contributed by atoms with Gasteiger partial charge in [-0.3, -0.25) is 0 Å². The molecule has 1 fully saturated rings. The predicted octanol–water partition coefficient (Wildman–Crippen LogP) is 1.54. The monoisotopic (exact) mass is 243 g/mol. The van der Waals surface area contributed by atoms with E-state index in [0.717, 1.165) is 18.5 Å². The fraction of sp³-hybridized carbons (Fsp3) is 0.533. The molecule has 0 unspecified atom stereocenters. The second kappa shape index (κ2) is 6.53. The summed E-state index contributed by atoms with van der Waals surface area (Å²) in [6, 6.07) is 10.6. The van der Waals surface area contributed by atoms with Crippen LogP contribution in [0.15, 0.2) is 24.3 Å². The van der Waals surface area contributed by atoms with E-state index in [2.05, 4.69) is 47.2 Å². The molecule has 1 aliphatic heterocycles. The van der Waals surface area contributed by atoms with Crippen molar-refractivity contribution in [2.24, 2.45) is 0 Å². The Morgan fingerprint density at radius 1 is 1.06 bits per heavy atom. The molecule has 0 saturated carbocycles. The van der Waals surface area contributed by atoms with Crippen molar-refractivity contribution in [1.29, 1.82) is 5.26 Å². The standard InChI is InChI=1S/C15H21N3/c1-17-10-12-18(13-11-17)9-7-15-4-2-14(3-5-15)6-8-16/h2-5H,6-7,9-13H2,1H3. The summed E-state index contributed by atoms with van der Waals surface area (Å²) in [5.41, 5.74) is 2.48. The highest BCUT2D eigenvalue weighted by atomic mass is 15.2. The summed E-state index contributed by atoms with van der Waals surface area (Å²) < 4.78 is 0. The zero-order chi connectivity index (χ0) is 12.8. The first-order chi connectivity index (χ1) is 8.78. The summed E-state index contributed by atoms with van der Waals surface area (Å²) in [5.74, 6) is 0. The van der Waals surface area contributed by atoms with Crippen LogP contribution in [0.1, 0.15) is 11.1 Å². The van der Waals surface area contributed by atoms with Crippen LogP contribution in [0.5, 0.6) is 0 Å². The smallest absolute Gasteiger partial charge is 0.0669 e. The van der Waals surface area contributed by atoms with Crippen molar-refractivity contribution < 1.29 is 0 Å². The second-order valence-corrected chi connectivity index (χ2v) is 5.05. The molecule has 0 bridgehead atoms. The molecule has 1 aromatic carbocycles. The second-order valence-electron chi connectivity index (χ2n) is 5.05. The first-order valence-corrected chi connectivity index (χ1v) is 6.63. The molecule has 0 aromatic heterocycles. The summed E-state index contributed by atoms with van der Waals surface area (Å²) >= 11 is 0. The van der Waals surface area contributed by atoms with Gasteiger partial charge in [-0.2, -0.15) is 5.26 Å². The largest absolute Gasteiger partial charge is 0.304 e. The summed E-state index contributed by atoms with van der Waals surface area (Å²) in [5, 5.41) is 8.62. The van der Waals surface area contributed by atoms with E-state index in [1.54, 1.807) is 0 Å². The van der Waals surface area contributed by atoms with Crippen molar-refractivity contribution in [3.05, 3.63) is 35.4 Å². The average molecular weight is 243 g/mol. The van der Waals surface area contributed by atoms with Crippen LogP contribution in [0.2, 0.25) is 0 Å². The highest BCUT2D eigenvalue weighted by molar-refractivity contribution is 5.24. The fourth-order valence-corrected chi connectivity index (χ4v) is 2.27. The van der Waals surface area contributed by atoms with Crippen molar-refractivity contribution in [3.63, 3.8) is 0 Å². The maximum atomic E-state index is 8.62. The Morgan fingerprint density at radius 2 is 1.67 bits per heavy atom. The molecular weight excluding hydrogens is 222 g/mol. The molecule has 18 heavy (non-hydrogen) atoms. The Labute approximate surface area is 110 Å². The Morgan fingerprint density at radius 3 is 2.28 bits per heavy atom. The van der Waals surface area contributed by atoms with Crippen molar-refractivity contribution >= 4 is 0 Å². The molecule has 1 heterocycles. The van der Waals surface area contributed by atoms with Gasteiger partial charge in [0.05, 0.1) is 12.5 Å². The van der Waals surface area contributed by atoms with Crippen LogP contribution in [-0.2, 0) is 12.8 Å². The van der Waals surface area contributed by atoms with E-state index in [0.29, 0.717) is 6.42 Å². The zero-order valence-corrected chi connectivity index (χ0v) is 11.1. The van der Waals surface area contributed by atoms with E-state index in [-0.39, 0.29) is 0 Å². The van der Waals surface area contributed by atoms with E-state index in [9.17, 15) is 0 Å². The minimum Gasteiger partial charge on any atom is -0.304 e.